The largest absolute Gasteiger partial charge is 0.347 e. The first-order chi connectivity index (χ1) is 22.7. The van der Waals surface area contributed by atoms with E-state index in [1.54, 1.807) is 4.90 Å². The fraction of sp³-hybridized carbons (Fsp3) is 0.684. The van der Waals surface area contributed by atoms with Crippen LogP contribution in [-0.2, 0) is 41.7 Å². The minimum Gasteiger partial charge on any atom is -0.347 e. The Labute approximate surface area is 286 Å². The van der Waals surface area contributed by atoms with Crippen LogP contribution in [0.4, 0.5) is 0 Å². The summed E-state index contributed by atoms with van der Waals surface area (Å²) < 4.78 is 0. The second kappa shape index (κ2) is 16.2. The Kier molecular flexibility index (Phi) is 12.6. The van der Waals surface area contributed by atoms with Crippen LogP contribution < -0.4 is 10.6 Å². The molecule has 0 bridgehead atoms. The zero-order valence-electron chi connectivity index (χ0n) is 29.8. The van der Waals surface area contributed by atoms with Gasteiger partial charge in [-0.15, -0.1) is 0 Å². The number of Topliss-reactive ketones (excluding diaryl/α,β-unsaturated/α-hetero) is 2. The molecule has 264 valence electrons. The average molecular weight is 665 g/mol. The molecule has 0 aromatic heterocycles. The number of nitrogens with one attached hydrogen (secondary N) is 2. The fourth-order valence-electron chi connectivity index (χ4n) is 7.49. The van der Waals surface area contributed by atoms with Crippen LogP contribution in [0.25, 0.3) is 0 Å². The molecule has 0 radical (unpaired) electrons. The highest BCUT2D eigenvalue weighted by molar-refractivity contribution is 6.38. The van der Waals surface area contributed by atoms with Gasteiger partial charge in [-0.05, 0) is 66.9 Å². The Morgan fingerprint density at radius 2 is 1.67 bits per heavy atom. The van der Waals surface area contributed by atoms with Gasteiger partial charge < -0.3 is 20.4 Å². The first-order valence-electron chi connectivity index (χ1n) is 18.0. The molecular weight excluding hydrogens is 608 g/mol. The molecule has 2 fully saturated rings. The molecule has 4 amide bonds. The zero-order valence-corrected chi connectivity index (χ0v) is 29.8. The molecule has 10 heteroatoms. The van der Waals surface area contributed by atoms with Gasteiger partial charge in [-0.1, -0.05) is 72.2 Å². The third-order valence-electron chi connectivity index (χ3n) is 10.3. The van der Waals surface area contributed by atoms with Gasteiger partial charge in [0.25, 0.3) is 5.91 Å². The Bertz CT molecular complexity index is 1360. The van der Waals surface area contributed by atoms with E-state index in [4.69, 9.17) is 0 Å². The summed E-state index contributed by atoms with van der Waals surface area (Å²) in [5.74, 6) is -2.70. The monoisotopic (exact) mass is 664 g/mol. The molecule has 1 aliphatic carbocycles. The number of likely N-dealkylation sites (tertiary alicyclic amines) is 1. The Morgan fingerprint density at radius 1 is 0.979 bits per heavy atom. The maximum absolute atomic E-state index is 14.5. The number of rotatable bonds is 15. The molecule has 48 heavy (non-hydrogen) atoms. The van der Waals surface area contributed by atoms with Crippen molar-refractivity contribution in [1.82, 2.24) is 20.4 Å². The van der Waals surface area contributed by atoms with Crippen molar-refractivity contribution in [2.75, 3.05) is 13.1 Å². The summed E-state index contributed by atoms with van der Waals surface area (Å²) in [6, 6.07) is 6.27. The number of amides is 4. The molecule has 0 spiro atoms. The molecule has 2 N–H and O–H groups in total. The number of ketones is 2. The van der Waals surface area contributed by atoms with Gasteiger partial charge in [-0.3, -0.25) is 28.8 Å². The molecule has 3 aliphatic rings. The minimum absolute atomic E-state index is 0.00226. The summed E-state index contributed by atoms with van der Waals surface area (Å²) >= 11 is 0. The van der Waals surface area contributed by atoms with E-state index in [2.05, 4.69) is 16.7 Å². The fourth-order valence-corrected chi connectivity index (χ4v) is 7.49. The van der Waals surface area contributed by atoms with Crippen molar-refractivity contribution in [3.63, 3.8) is 0 Å². The summed E-state index contributed by atoms with van der Waals surface area (Å²) in [6.07, 6.45) is 5.24. The lowest BCUT2D eigenvalue weighted by Crippen LogP contribution is -2.55. The van der Waals surface area contributed by atoms with Crippen LogP contribution >= 0.6 is 0 Å². The molecule has 2 aliphatic heterocycles. The lowest BCUT2D eigenvalue weighted by molar-refractivity contribution is -0.147. The van der Waals surface area contributed by atoms with Crippen LogP contribution in [0.3, 0.4) is 0 Å². The van der Waals surface area contributed by atoms with Crippen molar-refractivity contribution >= 4 is 35.2 Å². The van der Waals surface area contributed by atoms with E-state index >= 15 is 0 Å². The van der Waals surface area contributed by atoms with E-state index in [0.717, 1.165) is 24.8 Å². The van der Waals surface area contributed by atoms with E-state index < -0.39 is 41.0 Å². The molecule has 10 nitrogen and oxygen atoms in total. The van der Waals surface area contributed by atoms with E-state index in [1.165, 1.54) is 5.56 Å². The molecule has 4 rings (SSSR count). The quantitative estimate of drug-likeness (QED) is 0.268. The van der Waals surface area contributed by atoms with Crippen molar-refractivity contribution in [2.45, 2.75) is 130 Å². The van der Waals surface area contributed by atoms with Crippen molar-refractivity contribution in [2.24, 2.45) is 23.2 Å². The SMILES string of the molecule is CCCC(NC(=O)C1C[C@@H](CC(=O)N2CCc3ccccc3C2)CN1C(=O)[C@@H](C(C)CCC(=O)CC)C(C)(C)C)C(=O)C(=O)NC1CC1. The molecule has 1 saturated heterocycles. The summed E-state index contributed by atoms with van der Waals surface area (Å²) in [6.45, 7) is 13.1. The predicted octanol–water partition coefficient (Wildman–Crippen LogP) is 4.37. The number of carbonyl (C=O) groups is 6. The Balaban J connectivity index is 1.55. The smallest absolute Gasteiger partial charge is 0.289 e. The molecule has 5 atom stereocenters. The number of benzene rings is 1. The number of hydrogen-bond donors (Lipinski definition) is 2. The topological polar surface area (TPSA) is 133 Å². The van der Waals surface area contributed by atoms with Gasteiger partial charge in [0, 0.05) is 50.9 Å². The third-order valence-corrected chi connectivity index (χ3v) is 10.3. The minimum atomic E-state index is -0.996. The van der Waals surface area contributed by atoms with Crippen molar-refractivity contribution < 1.29 is 28.8 Å². The van der Waals surface area contributed by atoms with Crippen LogP contribution in [0, 0.1) is 23.2 Å². The highest BCUT2D eigenvalue weighted by Crippen LogP contribution is 2.39. The summed E-state index contributed by atoms with van der Waals surface area (Å²) in [5, 5.41) is 5.56. The van der Waals surface area contributed by atoms with Crippen LogP contribution in [0.15, 0.2) is 24.3 Å². The normalized spacial score (nSPS) is 21.1. The lowest BCUT2D eigenvalue weighted by Gasteiger charge is -2.38. The number of carbonyl (C=O) groups excluding carboxylic acids is 6. The second-order valence-electron chi connectivity index (χ2n) is 15.4. The predicted molar refractivity (Wildman–Crippen MR) is 183 cm³/mol. The van der Waals surface area contributed by atoms with Crippen LogP contribution in [0.1, 0.15) is 110 Å². The van der Waals surface area contributed by atoms with Gasteiger partial charge in [-0.25, -0.2) is 0 Å². The van der Waals surface area contributed by atoms with Crippen molar-refractivity contribution in [3.8, 4) is 0 Å². The maximum atomic E-state index is 14.5. The van der Waals surface area contributed by atoms with Gasteiger partial charge >= 0.3 is 0 Å². The van der Waals surface area contributed by atoms with Crippen molar-refractivity contribution in [1.29, 1.82) is 0 Å². The van der Waals surface area contributed by atoms with Crippen LogP contribution in [0.5, 0.6) is 0 Å². The third kappa shape index (κ3) is 9.53. The highest BCUT2D eigenvalue weighted by atomic mass is 16.2. The molecule has 2 heterocycles. The highest BCUT2D eigenvalue weighted by Gasteiger charge is 2.47. The number of hydrogen-bond acceptors (Lipinski definition) is 6. The van der Waals surface area contributed by atoms with E-state index in [-0.39, 0.29) is 54.9 Å². The lowest BCUT2D eigenvalue weighted by atomic mass is 9.71. The van der Waals surface area contributed by atoms with Gasteiger partial charge in [0.1, 0.15) is 11.8 Å². The Morgan fingerprint density at radius 3 is 2.29 bits per heavy atom. The van der Waals surface area contributed by atoms with Gasteiger partial charge in [0.2, 0.25) is 23.5 Å². The van der Waals surface area contributed by atoms with Crippen LogP contribution in [0.2, 0.25) is 0 Å². The molecule has 3 unspecified atom stereocenters. The van der Waals surface area contributed by atoms with E-state index in [9.17, 15) is 28.8 Å². The molecular formula is C38H56N4O6. The maximum Gasteiger partial charge on any atom is 0.289 e. The van der Waals surface area contributed by atoms with Crippen LogP contribution in [-0.4, -0.2) is 76.2 Å². The van der Waals surface area contributed by atoms with Gasteiger partial charge in [0.15, 0.2) is 0 Å². The second-order valence-corrected chi connectivity index (χ2v) is 15.4. The average Bonchev–Trinajstić information content (AvgIpc) is 3.77. The standard InChI is InChI=1S/C38H56N4O6/c1-7-11-30(34(45)36(47)39-28-15-16-28)40-35(46)31-20-25(21-32(44)41-19-18-26-12-9-10-13-27(26)23-41)22-42(31)37(48)33(38(4,5)6)24(3)14-17-29(43)8-2/h9-10,12-13,24-25,28,30-31,33H,7-8,11,14-23H2,1-6H3,(H,39,47)(H,40,46)/t24?,25-,30?,31?,33+/m0/s1. The first kappa shape index (κ1) is 37.3. The van der Waals surface area contributed by atoms with E-state index in [1.807, 2.05) is 64.6 Å². The van der Waals surface area contributed by atoms with Gasteiger partial charge in [-0.2, -0.15) is 0 Å². The summed E-state index contributed by atoms with van der Waals surface area (Å²) in [5.41, 5.74) is 1.93. The molecule has 1 saturated carbocycles. The molecule has 1 aromatic carbocycles. The summed E-state index contributed by atoms with van der Waals surface area (Å²) in [4.78, 5) is 83.6. The first-order valence-corrected chi connectivity index (χ1v) is 18.0. The zero-order chi connectivity index (χ0) is 35.2. The number of fused-ring (bicyclic) bond motifs is 1. The summed E-state index contributed by atoms with van der Waals surface area (Å²) in [7, 11) is 0. The van der Waals surface area contributed by atoms with Gasteiger partial charge in [0.05, 0.1) is 6.04 Å². The number of nitrogens with zero attached hydrogens (tertiary/aromatic N) is 2. The van der Waals surface area contributed by atoms with E-state index in [0.29, 0.717) is 45.2 Å². The Hall–Kier alpha value is -3.56. The molecule has 1 aromatic rings. The van der Waals surface area contributed by atoms with Crippen molar-refractivity contribution in [3.05, 3.63) is 35.4 Å².